The fourth-order valence-electron chi connectivity index (χ4n) is 1.73. The number of nitrogens with two attached hydrogens (primary N) is 1. The molecule has 1 amide bonds. The summed E-state index contributed by atoms with van der Waals surface area (Å²) in [6.45, 7) is 3.61. The molecule has 6 heteroatoms. The first-order valence-electron chi connectivity index (χ1n) is 6.46. The Morgan fingerprint density at radius 2 is 1.85 bits per heavy atom. The molecule has 0 saturated carbocycles. The van der Waals surface area contributed by atoms with Gasteiger partial charge in [0.15, 0.2) is 0 Å². The second-order valence-corrected chi connectivity index (χ2v) is 4.78. The highest BCUT2D eigenvalue weighted by molar-refractivity contribution is 5.77. The first kappa shape index (κ1) is 16.5. The van der Waals surface area contributed by atoms with Crippen molar-refractivity contribution < 1.29 is 18.0 Å². The number of amides is 1. The molecule has 0 heterocycles. The van der Waals surface area contributed by atoms with Crippen LogP contribution in [0.2, 0.25) is 0 Å². The largest absolute Gasteiger partial charge is 0.416 e. The Balaban J connectivity index is 2.64. The number of benzene rings is 1. The third-order valence-electron chi connectivity index (χ3n) is 3.09. The molecule has 0 aliphatic carbocycles. The zero-order valence-electron chi connectivity index (χ0n) is 11.5. The Hall–Kier alpha value is -1.56. The lowest BCUT2D eigenvalue weighted by Gasteiger charge is -2.16. The van der Waals surface area contributed by atoms with Crippen LogP contribution in [-0.2, 0) is 11.0 Å². The Bertz CT molecular complexity index is 443. The average Bonchev–Trinajstić information content (AvgIpc) is 2.37. The third-order valence-corrected chi connectivity index (χ3v) is 3.09. The van der Waals surface area contributed by atoms with Gasteiger partial charge in [0.05, 0.1) is 11.6 Å². The van der Waals surface area contributed by atoms with E-state index < -0.39 is 11.7 Å². The molecular formula is C14H19F3N2O. The first-order chi connectivity index (χ1) is 9.24. The average molecular weight is 288 g/mol. The first-order valence-corrected chi connectivity index (χ1v) is 6.46. The molecular weight excluding hydrogens is 269 g/mol. The Morgan fingerprint density at radius 3 is 2.30 bits per heavy atom. The number of carbonyl (C=O) groups is 1. The number of hydrogen-bond donors (Lipinski definition) is 2. The maximum atomic E-state index is 12.4. The summed E-state index contributed by atoms with van der Waals surface area (Å²) >= 11 is 0. The van der Waals surface area contributed by atoms with Gasteiger partial charge in [-0.2, -0.15) is 13.2 Å². The SMILES string of the molecule is CCC(N)CC(=O)NC(C)c1ccc(C(F)(F)F)cc1. The number of hydrogen-bond acceptors (Lipinski definition) is 2. The molecule has 0 radical (unpaired) electrons. The molecule has 1 aromatic rings. The molecule has 2 atom stereocenters. The highest BCUT2D eigenvalue weighted by Gasteiger charge is 2.30. The van der Waals surface area contributed by atoms with Gasteiger partial charge in [-0.1, -0.05) is 19.1 Å². The van der Waals surface area contributed by atoms with Crippen molar-refractivity contribution in [3.05, 3.63) is 35.4 Å². The summed E-state index contributed by atoms with van der Waals surface area (Å²) in [5, 5.41) is 2.72. The summed E-state index contributed by atoms with van der Waals surface area (Å²) in [6, 6.07) is 4.20. The van der Waals surface area contributed by atoms with Crippen LogP contribution in [0.25, 0.3) is 0 Å². The lowest BCUT2D eigenvalue weighted by molar-refractivity contribution is -0.137. The van der Waals surface area contributed by atoms with Crippen molar-refractivity contribution in [3.8, 4) is 0 Å². The molecule has 1 aromatic carbocycles. The molecule has 0 spiro atoms. The molecule has 3 nitrogen and oxygen atoms in total. The predicted molar refractivity (Wildman–Crippen MR) is 70.9 cm³/mol. The molecule has 0 aliphatic rings. The summed E-state index contributed by atoms with van der Waals surface area (Å²) in [5.74, 6) is -0.202. The Labute approximate surface area is 116 Å². The number of halogens is 3. The smallest absolute Gasteiger partial charge is 0.350 e. The van der Waals surface area contributed by atoms with Gasteiger partial charge in [-0.05, 0) is 31.0 Å². The van der Waals surface area contributed by atoms with Crippen molar-refractivity contribution in [3.63, 3.8) is 0 Å². The van der Waals surface area contributed by atoms with E-state index >= 15 is 0 Å². The Kier molecular flexibility index (Phi) is 5.56. The van der Waals surface area contributed by atoms with Crippen molar-refractivity contribution in [1.82, 2.24) is 5.32 Å². The molecule has 1 rings (SSSR count). The maximum Gasteiger partial charge on any atom is 0.416 e. The summed E-state index contributed by atoms with van der Waals surface area (Å²) < 4.78 is 37.3. The molecule has 0 bridgehead atoms. The van der Waals surface area contributed by atoms with Crippen molar-refractivity contribution in [2.45, 2.75) is 44.9 Å². The predicted octanol–water partition coefficient (Wildman–Crippen LogP) is 3.01. The molecule has 0 saturated heterocycles. The lowest BCUT2D eigenvalue weighted by Crippen LogP contribution is -2.32. The molecule has 3 N–H and O–H groups in total. The summed E-state index contributed by atoms with van der Waals surface area (Å²) in [5.41, 5.74) is 5.59. The van der Waals surface area contributed by atoms with E-state index in [9.17, 15) is 18.0 Å². The van der Waals surface area contributed by atoms with Crippen LogP contribution in [-0.4, -0.2) is 11.9 Å². The third kappa shape index (κ3) is 4.85. The van der Waals surface area contributed by atoms with E-state index in [1.54, 1.807) is 6.92 Å². The van der Waals surface area contributed by atoms with Crippen LogP contribution < -0.4 is 11.1 Å². The Morgan fingerprint density at radius 1 is 1.30 bits per heavy atom. The van der Waals surface area contributed by atoms with Crippen LogP contribution in [0.5, 0.6) is 0 Å². The zero-order valence-corrected chi connectivity index (χ0v) is 11.5. The molecule has 0 fully saturated rings. The van der Waals surface area contributed by atoms with E-state index in [1.165, 1.54) is 12.1 Å². The van der Waals surface area contributed by atoms with E-state index in [0.29, 0.717) is 12.0 Å². The van der Waals surface area contributed by atoms with Gasteiger partial charge in [0.25, 0.3) is 0 Å². The van der Waals surface area contributed by atoms with Gasteiger partial charge in [0.1, 0.15) is 0 Å². The highest BCUT2D eigenvalue weighted by Crippen LogP contribution is 2.29. The van der Waals surface area contributed by atoms with Crippen LogP contribution in [0, 0.1) is 0 Å². The number of carbonyl (C=O) groups excluding carboxylic acids is 1. The van der Waals surface area contributed by atoms with E-state index in [1.807, 2.05) is 6.92 Å². The monoisotopic (exact) mass is 288 g/mol. The molecule has 20 heavy (non-hydrogen) atoms. The maximum absolute atomic E-state index is 12.4. The standard InChI is InChI=1S/C14H19F3N2O/c1-3-12(18)8-13(20)19-9(2)10-4-6-11(7-5-10)14(15,16)17/h4-7,9,12H,3,8,18H2,1-2H3,(H,19,20). The summed E-state index contributed by atoms with van der Waals surface area (Å²) in [6.07, 6.45) is -3.44. The minimum Gasteiger partial charge on any atom is -0.350 e. The minimum atomic E-state index is -4.35. The quantitative estimate of drug-likeness (QED) is 0.875. The fraction of sp³-hybridized carbons (Fsp3) is 0.500. The van der Waals surface area contributed by atoms with E-state index in [2.05, 4.69) is 5.32 Å². The van der Waals surface area contributed by atoms with Gasteiger partial charge in [0, 0.05) is 12.5 Å². The second-order valence-electron chi connectivity index (χ2n) is 4.78. The topological polar surface area (TPSA) is 55.1 Å². The molecule has 112 valence electrons. The summed E-state index contributed by atoms with van der Waals surface area (Å²) in [7, 11) is 0. The van der Waals surface area contributed by atoms with Crippen LogP contribution in [0.15, 0.2) is 24.3 Å². The number of alkyl halides is 3. The number of nitrogens with one attached hydrogen (secondary N) is 1. The van der Waals surface area contributed by atoms with Crippen LogP contribution in [0.1, 0.15) is 43.9 Å². The minimum absolute atomic E-state index is 0.199. The number of rotatable bonds is 5. The van der Waals surface area contributed by atoms with E-state index in [4.69, 9.17) is 5.73 Å². The van der Waals surface area contributed by atoms with Crippen molar-refractivity contribution >= 4 is 5.91 Å². The van der Waals surface area contributed by atoms with Gasteiger partial charge in [-0.25, -0.2) is 0 Å². The normalized spacial score (nSPS) is 14.7. The fourth-order valence-corrected chi connectivity index (χ4v) is 1.73. The highest BCUT2D eigenvalue weighted by atomic mass is 19.4. The van der Waals surface area contributed by atoms with Gasteiger partial charge < -0.3 is 11.1 Å². The molecule has 0 aromatic heterocycles. The lowest BCUT2D eigenvalue weighted by atomic mass is 10.1. The molecule has 2 unspecified atom stereocenters. The zero-order chi connectivity index (χ0) is 15.3. The van der Waals surface area contributed by atoms with Gasteiger partial charge in [0.2, 0.25) is 5.91 Å². The van der Waals surface area contributed by atoms with Crippen molar-refractivity contribution in [2.75, 3.05) is 0 Å². The van der Waals surface area contributed by atoms with E-state index in [-0.39, 0.29) is 24.4 Å². The van der Waals surface area contributed by atoms with Crippen LogP contribution in [0.4, 0.5) is 13.2 Å². The van der Waals surface area contributed by atoms with E-state index in [0.717, 1.165) is 12.1 Å². The second kappa shape index (κ2) is 6.74. The van der Waals surface area contributed by atoms with Crippen LogP contribution >= 0.6 is 0 Å². The molecule has 0 aliphatic heterocycles. The van der Waals surface area contributed by atoms with Gasteiger partial charge in [-0.3, -0.25) is 4.79 Å². The van der Waals surface area contributed by atoms with Gasteiger partial charge >= 0.3 is 6.18 Å². The van der Waals surface area contributed by atoms with Crippen molar-refractivity contribution in [2.24, 2.45) is 5.73 Å². The summed E-state index contributed by atoms with van der Waals surface area (Å²) in [4.78, 5) is 11.7. The van der Waals surface area contributed by atoms with Crippen LogP contribution in [0.3, 0.4) is 0 Å². The van der Waals surface area contributed by atoms with Crippen molar-refractivity contribution in [1.29, 1.82) is 0 Å². The van der Waals surface area contributed by atoms with Gasteiger partial charge in [-0.15, -0.1) is 0 Å².